The molecule has 6 heteroatoms. The van der Waals surface area contributed by atoms with Crippen molar-refractivity contribution in [3.63, 3.8) is 0 Å². The van der Waals surface area contributed by atoms with E-state index in [0.717, 1.165) is 24.9 Å². The molecule has 0 bridgehead atoms. The molecule has 0 amide bonds. The molecular formula is C13H17ClN2O2S. The van der Waals surface area contributed by atoms with Gasteiger partial charge in [0.2, 0.25) is 10.0 Å². The third kappa shape index (κ3) is 4.95. The molecule has 1 saturated heterocycles. The van der Waals surface area contributed by atoms with Gasteiger partial charge in [-0.05, 0) is 43.2 Å². The van der Waals surface area contributed by atoms with E-state index in [-0.39, 0.29) is 6.04 Å². The lowest BCUT2D eigenvalue weighted by atomic mass is 10.2. The van der Waals surface area contributed by atoms with E-state index < -0.39 is 10.0 Å². The van der Waals surface area contributed by atoms with Gasteiger partial charge >= 0.3 is 0 Å². The first-order valence-electron chi connectivity index (χ1n) is 6.22. The van der Waals surface area contributed by atoms with Gasteiger partial charge in [0.25, 0.3) is 0 Å². The van der Waals surface area contributed by atoms with E-state index in [9.17, 15) is 8.42 Å². The highest BCUT2D eigenvalue weighted by molar-refractivity contribution is 7.92. The topological polar surface area (TPSA) is 58.2 Å². The molecule has 1 aliphatic heterocycles. The fourth-order valence-corrected chi connectivity index (χ4v) is 2.93. The Morgan fingerprint density at radius 2 is 2.11 bits per heavy atom. The monoisotopic (exact) mass is 300 g/mol. The molecule has 1 heterocycles. The van der Waals surface area contributed by atoms with E-state index in [2.05, 4.69) is 10.0 Å². The van der Waals surface area contributed by atoms with Gasteiger partial charge in [0, 0.05) is 23.0 Å². The summed E-state index contributed by atoms with van der Waals surface area (Å²) in [6.07, 6.45) is 3.68. The number of sulfonamides is 1. The van der Waals surface area contributed by atoms with Crippen LogP contribution in [0.5, 0.6) is 0 Å². The van der Waals surface area contributed by atoms with Gasteiger partial charge in [-0.3, -0.25) is 0 Å². The Hall–Kier alpha value is -0.880. The first-order valence-corrected chi connectivity index (χ1v) is 8.14. The Kier molecular flexibility index (Phi) is 4.99. The normalized spacial score (nSPS) is 20.2. The molecule has 0 spiro atoms. The van der Waals surface area contributed by atoms with Crippen LogP contribution >= 0.6 is 11.6 Å². The highest BCUT2D eigenvalue weighted by Crippen LogP contribution is 2.11. The average Bonchev–Trinajstić information content (AvgIpc) is 2.89. The molecule has 1 atom stereocenters. The van der Waals surface area contributed by atoms with E-state index in [1.807, 2.05) is 0 Å². The van der Waals surface area contributed by atoms with Gasteiger partial charge in [0.05, 0.1) is 0 Å². The van der Waals surface area contributed by atoms with Gasteiger partial charge in [0.1, 0.15) is 0 Å². The van der Waals surface area contributed by atoms with Crippen molar-refractivity contribution in [2.24, 2.45) is 0 Å². The molecule has 0 aliphatic carbocycles. The second-order valence-electron chi connectivity index (χ2n) is 4.54. The Labute approximate surface area is 118 Å². The van der Waals surface area contributed by atoms with Crippen LogP contribution in [-0.4, -0.2) is 27.5 Å². The van der Waals surface area contributed by atoms with Crippen LogP contribution in [0.3, 0.4) is 0 Å². The summed E-state index contributed by atoms with van der Waals surface area (Å²) in [6.45, 7) is 1.40. The second-order valence-corrected chi connectivity index (χ2v) is 6.63. The smallest absolute Gasteiger partial charge is 0.233 e. The number of nitrogens with one attached hydrogen (secondary N) is 2. The maximum Gasteiger partial charge on any atom is 0.233 e. The van der Waals surface area contributed by atoms with Gasteiger partial charge in [-0.25, -0.2) is 13.1 Å². The average molecular weight is 301 g/mol. The lowest BCUT2D eigenvalue weighted by Gasteiger charge is -2.09. The third-order valence-corrected chi connectivity index (χ3v) is 4.32. The fraction of sp³-hybridized carbons (Fsp3) is 0.385. The summed E-state index contributed by atoms with van der Waals surface area (Å²) >= 11 is 5.76. The molecule has 0 radical (unpaired) electrons. The number of rotatable bonds is 5. The molecule has 0 saturated carbocycles. The van der Waals surface area contributed by atoms with Crippen LogP contribution in [0.4, 0.5) is 0 Å². The predicted molar refractivity (Wildman–Crippen MR) is 78.4 cm³/mol. The number of halogens is 1. The molecule has 2 rings (SSSR count). The van der Waals surface area contributed by atoms with Gasteiger partial charge in [-0.2, -0.15) is 0 Å². The van der Waals surface area contributed by atoms with Crippen molar-refractivity contribution in [3.05, 3.63) is 40.3 Å². The largest absolute Gasteiger partial charge is 0.313 e. The lowest BCUT2D eigenvalue weighted by molar-refractivity contribution is 0.558. The minimum absolute atomic E-state index is 0.249. The quantitative estimate of drug-likeness (QED) is 0.874. The molecule has 2 N–H and O–H groups in total. The molecule has 19 heavy (non-hydrogen) atoms. The van der Waals surface area contributed by atoms with E-state index in [1.54, 1.807) is 30.3 Å². The highest BCUT2D eigenvalue weighted by atomic mass is 35.5. The van der Waals surface area contributed by atoms with Crippen LogP contribution in [-0.2, 0) is 10.0 Å². The SMILES string of the molecule is O=S(=O)(C=Cc1ccc(Cl)cc1)NCC1CCCN1. The van der Waals surface area contributed by atoms with Gasteiger partial charge in [0.15, 0.2) is 0 Å². The van der Waals surface area contributed by atoms with E-state index in [0.29, 0.717) is 11.6 Å². The standard InChI is InChI=1S/C13H17ClN2O2S/c14-12-5-3-11(4-6-12)7-9-19(17,18)16-10-13-2-1-8-15-13/h3-7,9,13,15-16H,1-2,8,10H2. The summed E-state index contributed by atoms with van der Waals surface area (Å²) in [4.78, 5) is 0. The minimum Gasteiger partial charge on any atom is -0.313 e. The molecular weight excluding hydrogens is 284 g/mol. The number of benzene rings is 1. The molecule has 1 aromatic carbocycles. The van der Waals surface area contributed by atoms with Crippen molar-refractivity contribution in [1.29, 1.82) is 0 Å². The summed E-state index contributed by atoms with van der Waals surface area (Å²) in [5.74, 6) is 0. The Bertz CT molecular complexity index is 534. The van der Waals surface area contributed by atoms with Crippen molar-refractivity contribution < 1.29 is 8.42 Å². The number of hydrogen-bond acceptors (Lipinski definition) is 3. The summed E-state index contributed by atoms with van der Waals surface area (Å²) in [7, 11) is -3.38. The Morgan fingerprint density at radius 3 is 2.74 bits per heavy atom. The van der Waals surface area contributed by atoms with Gasteiger partial charge in [-0.1, -0.05) is 23.7 Å². The van der Waals surface area contributed by atoms with Crippen LogP contribution in [0.1, 0.15) is 18.4 Å². The summed E-state index contributed by atoms with van der Waals surface area (Å²) in [6, 6.07) is 7.24. The predicted octanol–water partition coefficient (Wildman–Crippen LogP) is 1.98. The molecule has 1 aliphatic rings. The molecule has 4 nitrogen and oxygen atoms in total. The van der Waals surface area contributed by atoms with Crippen molar-refractivity contribution in [2.45, 2.75) is 18.9 Å². The first-order chi connectivity index (χ1) is 9.05. The number of hydrogen-bond donors (Lipinski definition) is 2. The van der Waals surface area contributed by atoms with Crippen LogP contribution in [0, 0.1) is 0 Å². The first kappa shape index (κ1) is 14.5. The van der Waals surface area contributed by atoms with Gasteiger partial charge in [-0.15, -0.1) is 0 Å². The lowest BCUT2D eigenvalue weighted by Crippen LogP contribution is -2.36. The second kappa shape index (κ2) is 6.52. The molecule has 104 valence electrons. The van der Waals surface area contributed by atoms with E-state index >= 15 is 0 Å². The van der Waals surface area contributed by atoms with Crippen LogP contribution in [0.15, 0.2) is 29.7 Å². The van der Waals surface area contributed by atoms with Crippen LogP contribution in [0.25, 0.3) is 6.08 Å². The highest BCUT2D eigenvalue weighted by Gasteiger charge is 2.15. The zero-order valence-corrected chi connectivity index (χ0v) is 12.0. The molecule has 0 aromatic heterocycles. The van der Waals surface area contributed by atoms with Crippen molar-refractivity contribution in [3.8, 4) is 0 Å². The Morgan fingerprint density at radius 1 is 1.37 bits per heavy atom. The van der Waals surface area contributed by atoms with Gasteiger partial charge < -0.3 is 5.32 Å². The summed E-state index contributed by atoms with van der Waals surface area (Å²) < 4.78 is 26.1. The van der Waals surface area contributed by atoms with E-state index in [4.69, 9.17) is 11.6 Å². The van der Waals surface area contributed by atoms with E-state index in [1.165, 1.54) is 5.41 Å². The molecule has 1 unspecified atom stereocenters. The van der Waals surface area contributed by atoms with Crippen molar-refractivity contribution in [1.82, 2.24) is 10.0 Å². The van der Waals surface area contributed by atoms with Crippen LogP contribution < -0.4 is 10.0 Å². The summed E-state index contributed by atoms with van der Waals surface area (Å²) in [5, 5.41) is 5.06. The Balaban J connectivity index is 1.90. The van der Waals surface area contributed by atoms with Crippen LogP contribution in [0.2, 0.25) is 5.02 Å². The molecule has 1 fully saturated rings. The zero-order valence-electron chi connectivity index (χ0n) is 10.5. The van der Waals surface area contributed by atoms with Crippen molar-refractivity contribution >= 4 is 27.7 Å². The zero-order chi connectivity index (χ0) is 13.7. The minimum atomic E-state index is -3.38. The maximum atomic E-state index is 11.8. The fourth-order valence-electron chi connectivity index (χ4n) is 1.94. The molecule has 1 aromatic rings. The summed E-state index contributed by atoms with van der Waals surface area (Å²) in [5.41, 5.74) is 0.800. The third-order valence-electron chi connectivity index (χ3n) is 3.00. The van der Waals surface area contributed by atoms with Crippen molar-refractivity contribution in [2.75, 3.05) is 13.1 Å². The maximum absolute atomic E-state index is 11.8.